The second-order valence-electron chi connectivity index (χ2n) is 2.86. The van der Waals surface area contributed by atoms with Crippen LogP contribution in [-0.4, -0.2) is 36.3 Å². The molecule has 0 radical (unpaired) electrons. The minimum atomic E-state index is 0. The van der Waals surface area contributed by atoms with Gasteiger partial charge in [0.15, 0.2) is 5.82 Å². The van der Waals surface area contributed by atoms with Crippen LogP contribution in [0.2, 0.25) is 0 Å². The van der Waals surface area contributed by atoms with Gasteiger partial charge in [0, 0.05) is 26.2 Å². The average Bonchev–Trinajstić information content (AvgIpc) is 2.54. The molecule has 14 heavy (non-hydrogen) atoms. The Labute approximate surface area is 95.1 Å². The summed E-state index contributed by atoms with van der Waals surface area (Å²) in [5.74, 6) is 0.698. The van der Waals surface area contributed by atoms with Crippen molar-refractivity contribution < 1.29 is 4.52 Å². The summed E-state index contributed by atoms with van der Waals surface area (Å²) >= 11 is 0. The Morgan fingerprint density at radius 3 is 2.43 bits per heavy atom. The van der Waals surface area contributed by atoms with Gasteiger partial charge in [-0.25, -0.2) is 0 Å². The summed E-state index contributed by atoms with van der Waals surface area (Å²) in [6.07, 6.45) is 0. The molecule has 0 aliphatic carbocycles. The molecular formula is C7H14Cl2N4O. The van der Waals surface area contributed by atoms with E-state index in [1.807, 2.05) is 6.92 Å². The monoisotopic (exact) mass is 240 g/mol. The van der Waals surface area contributed by atoms with Gasteiger partial charge in [-0.05, 0) is 6.92 Å². The summed E-state index contributed by atoms with van der Waals surface area (Å²) in [4.78, 5) is 6.25. The quantitative estimate of drug-likeness (QED) is 0.781. The molecular weight excluding hydrogens is 227 g/mol. The summed E-state index contributed by atoms with van der Waals surface area (Å²) in [6, 6.07) is 0.647. The Morgan fingerprint density at radius 2 is 1.93 bits per heavy atom. The van der Waals surface area contributed by atoms with E-state index >= 15 is 0 Å². The number of aromatic nitrogens is 2. The van der Waals surface area contributed by atoms with E-state index < -0.39 is 0 Å². The smallest absolute Gasteiger partial charge is 0.322 e. The van der Waals surface area contributed by atoms with Gasteiger partial charge < -0.3 is 14.7 Å². The maximum absolute atomic E-state index is 5.04. The van der Waals surface area contributed by atoms with Crippen LogP contribution in [0, 0.1) is 6.92 Å². The molecule has 7 heteroatoms. The molecule has 1 N–H and O–H groups in total. The molecule has 0 atom stereocenters. The fraction of sp³-hybridized carbons (Fsp3) is 0.714. The van der Waals surface area contributed by atoms with Crippen molar-refractivity contribution in [2.75, 3.05) is 31.1 Å². The number of rotatable bonds is 1. The van der Waals surface area contributed by atoms with Crippen LogP contribution in [0.1, 0.15) is 5.82 Å². The first kappa shape index (κ1) is 13.5. The molecule has 0 spiro atoms. The van der Waals surface area contributed by atoms with Crippen molar-refractivity contribution in [3.8, 4) is 0 Å². The van der Waals surface area contributed by atoms with E-state index in [4.69, 9.17) is 4.52 Å². The Morgan fingerprint density at radius 1 is 1.29 bits per heavy atom. The van der Waals surface area contributed by atoms with Crippen LogP contribution in [0.3, 0.4) is 0 Å². The molecule has 1 aromatic rings. The Kier molecular flexibility index (Phi) is 5.83. The lowest BCUT2D eigenvalue weighted by Crippen LogP contribution is -2.43. The summed E-state index contributed by atoms with van der Waals surface area (Å²) < 4.78 is 5.04. The molecule has 0 unspecified atom stereocenters. The van der Waals surface area contributed by atoms with E-state index in [1.54, 1.807) is 0 Å². The van der Waals surface area contributed by atoms with Crippen LogP contribution < -0.4 is 10.2 Å². The van der Waals surface area contributed by atoms with Crippen LogP contribution >= 0.6 is 24.8 Å². The number of piperazine rings is 1. The van der Waals surface area contributed by atoms with E-state index in [0.29, 0.717) is 11.8 Å². The fourth-order valence-corrected chi connectivity index (χ4v) is 1.27. The summed E-state index contributed by atoms with van der Waals surface area (Å²) in [7, 11) is 0. The lowest BCUT2D eigenvalue weighted by atomic mass is 10.4. The van der Waals surface area contributed by atoms with Crippen LogP contribution in [0.25, 0.3) is 0 Å². The average molecular weight is 241 g/mol. The molecule has 1 aliphatic rings. The number of aryl methyl sites for hydroxylation is 1. The number of nitrogens with zero attached hydrogens (tertiary/aromatic N) is 3. The standard InChI is InChI=1S/C7H12N4O.2ClH/c1-6-9-7(12-10-6)11-4-2-8-3-5-11;;/h8H,2-5H2,1H3;2*1H. The first-order chi connectivity index (χ1) is 5.86. The largest absolute Gasteiger partial charge is 0.324 e. The molecule has 0 amide bonds. The van der Waals surface area contributed by atoms with Crippen molar-refractivity contribution in [3.05, 3.63) is 5.82 Å². The highest BCUT2D eigenvalue weighted by atomic mass is 35.5. The minimum absolute atomic E-state index is 0. The molecule has 5 nitrogen and oxygen atoms in total. The minimum Gasteiger partial charge on any atom is -0.322 e. The predicted molar refractivity (Wildman–Crippen MR) is 58.6 cm³/mol. The van der Waals surface area contributed by atoms with Gasteiger partial charge in [-0.2, -0.15) is 4.98 Å². The molecule has 82 valence electrons. The highest BCUT2D eigenvalue weighted by Crippen LogP contribution is 2.10. The highest BCUT2D eigenvalue weighted by Gasteiger charge is 2.15. The molecule has 1 fully saturated rings. The number of anilines is 1. The highest BCUT2D eigenvalue weighted by molar-refractivity contribution is 5.85. The predicted octanol–water partition coefficient (Wildman–Crippen LogP) is 0.631. The zero-order chi connectivity index (χ0) is 8.39. The van der Waals surface area contributed by atoms with Crippen LogP contribution in [0.15, 0.2) is 4.52 Å². The van der Waals surface area contributed by atoms with Gasteiger partial charge in [-0.15, -0.1) is 24.8 Å². The van der Waals surface area contributed by atoms with Gasteiger partial charge in [0.05, 0.1) is 0 Å². The third-order valence-corrected chi connectivity index (χ3v) is 1.90. The normalized spacial score (nSPS) is 15.6. The lowest BCUT2D eigenvalue weighted by Gasteiger charge is -2.24. The van der Waals surface area contributed by atoms with E-state index in [9.17, 15) is 0 Å². The summed E-state index contributed by atoms with van der Waals surface area (Å²) in [6.45, 7) is 5.70. The van der Waals surface area contributed by atoms with E-state index in [1.165, 1.54) is 0 Å². The molecule has 0 bridgehead atoms. The molecule has 1 aromatic heterocycles. The second kappa shape index (κ2) is 6.06. The summed E-state index contributed by atoms with van der Waals surface area (Å²) in [5.41, 5.74) is 0. The molecule has 2 heterocycles. The van der Waals surface area contributed by atoms with E-state index in [-0.39, 0.29) is 24.8 Å². The Bertz CT molecular complexity index is 262. The van der Waals surface area contributed by atoms with Gasteiger partial charge in [0.2, 0.25) is 0 Å². The van der Waals surface area contributed by atoms with E-state index in [0.717, 1.165) is 26.2 Å². The molecule has 0 saturated carbocycles. The van der Waals surface area contributed by atoms with Crippen molar-refractivity contribution in [1.29, 1.82) is 0 Å². The van der Waals surface area contributed by atoms with Crippen LogP contribution in [0.4, 0.5) is 6.01 Å². The van der Waals surface area contributed by atoms with Crippen molar-refractivity contribution in [3.63, 3.8) is 0 Å². The molecule has 1 aliphatic heterocycles. The zero-order valence-corrected chi connectivity index (χ0v) is 9.53. The van der Waals surface area contributed by atoms with E-state index in [2.05, 4.69) is 20.4 Å². The zero-order valence-electron chi connectivity index (χ0n) is 7.89. The molecule has 1 saturated heterocycles. The van der Waals surface area contributed by atoms with Gasteiger partial charge in [0.1, 0.15) is 0 Å². The Balaban J connectivity index is 0.000000845. The van der Waals surface area contributed by atoms with Crippen molar-refractivity contribution in [2.45, 2.75) is 6.92 Å². The first-order valence-electron chi connectivity index (χ1n) is 4.12. The van der Waals surface area contributed by atoms with Gasteiger partial charge in [-0.1, -0.05) is 5.16 Å². The lowest BCUT2D eigenvalue weighted by molar-refractivity contribution is 0.401. The van der Waals surface area contributed by atoms with Crippen molar-refractivity contribution >= 4 is 30.8 Å². The number of nitrogens with one attached hydrogen (secondary N) is 1. The third-order valence-electron chi connectivity index (χ3n) is 1.90. The van der Waals surface area contributed by atoms with Gasteiger partial charge in [-0.3, -0.25) is 0 Å². The third kappa shape index (κ3) is 3.01. The Hall–Kier alpha value is -0.520. The number of halogens is 2. The topological polar surface area (TPSA) is 54.2 Å². The van der Waals surface area contributed by atoms with Gasteiger partial charge >= 0.3 is 6.01 Å². The molecule has 0 aromatic carbocycles. The number of hydrogen-bond donors (Lipinski definition) is 1. The van der Waals surface area contributed by atoms with Crippen LogP contribution in [0.5, 0.6) is 0 Å². The SMILES string of the molecule is Cc1noc(N2CCNCC2)n1.Cl.Cl. The van der Waals surface area contributed by atoms with Gasteiger partial charge in [0.25, 0.3) is 0 Å². The number of hydrogen-bond acceptors (Lipinski definition) is 5. The second-order valence-corrected chi connectivity index (χ2v) is 2.86. The molecule has 2 rings (SSSR count). The summed E-state index contributed by atoms with van der Waals surface area (Å²) in [5, 5.41) is 7.00. The maximum atomic E-state index is 5.04. The van der Waals surface area contributed by atoms with Crippen molar-refractivity contribution in [2.24, 2.45) is 0 Å². The fourth-order valence-electron chi connectivity index (χ4n) is 1.27. The maximum Gasteiger partial charge on any atom is 0.324 e. The van der Waals surface area contributed by atoms with Crippen molar-refractivity contribution in [1.82, 2.24) is 15.5 Å². The first-order valence-corrected chi connectivity index (χ1v) is 4.12. The van der Waals surface area contributed by atoms with Crippen LogP contribution in [-0.2, 0) is 0 Å².